The molecular weight excluding hydrogens is 382 g/mol. The minimum atomic E-state index is -3.47. The summed E-state index contributed by atoms with van der Waals surface area (Å²) in [6.07, 6.45) is 11.4. The maximum absolute atomic E-state index is 12.6. The van der Waals surface area contributed by atoms with Crippen LogP contribution in [0, 0.1) is 0 Å². The van der Waals surface area contributed by atoms with Crippen molar-refractivity contribution in [1.82, 2.24) is 4.72 Å². The van der Waals surface area contributed by atoms with Crippen LogP contribution in [-0.4, -0.2) is 26.5 Å². The van der Waals surface area contributed by atoms with Crippen molar-refractivity contribution in [2.45, 2.75) is 100 Å². The van der Waals surface area contributed by atoms with Crippen LogP contribution in [0.3, 0.4) is 0 Å². The van der Waals surface area contributed by atoms with Crippen molar-refractivity contribution in [3.63, 3.8) is 0 Å². The highest BCUT2D eigenvalue weighted by Crippen LogP contribution is 2.20. The lowest BCUT2D eigenvalue weighted by atomic mass is 10.0. The zero-order valence-electron chi connectivity index (χ0n) is 16.3. The maximum atomic E-state index is 12.6. The maximum Gasteiger partial charge on any atom is 0.306 e. The lowest BCUT2D eigenvalue weighted by Crippen LogP contribution is -2.35. The van der Waals surface area contributed by atoms with Gasteiger partial charge in [0.15, 0.2) is 0 Å². The second-order valence-electron chi connectivity index (χ2n) is 7.50. The largest absolute Gasteiger partial charge is 0.463 e. The number of sulfonamides is 1. The number of rotatable bonds is 3. The standard InChI is InChI=1S/C20H33NO4S2/c1-17-14-15-18(21-27(23,24)20-13-10-16-26-20)11-8-6-4-2-3-5-7-9-12-19(22)25-17/h10,13,16-18,21H,2-9,11-12,14-15H2,1H3. The van der Waals surface area contributed by atoms with Gasteiger partial charge in [-0.2, -0.15) is 0 Å². The second kappa shape index (κ2) is 11.8. The SMILES string of the molecule is CC1CCC(NS(=O)(=O)c2cccs2)CCCCCCCCCCC(=O)O1. The van der Waals surface area contributed by atoms with Gasteiger partial charge >= 0.3 is 5.97 Å². The van der Waals surface area contributed by atoms with Gasteiger partial charge in [0.1, 0.15) is 4.21 Å². The summed E-state index contributed by atoms with van der Waals surface area (Å²) in [6, 6.07) is 3.26. The molecule has 1 aromatic rings. The first-order valence-electron chi connectivity index (χ1n) is 10.2. The van der Waals surface area contributed by atoms with Crippen LogP contribution in [-0.2, 0) is 19.6 Å². The van der Waals surface area contributed by atoms with Crippen molar-refractivity contribution >= 4 is 27.3 Å². The predicted octanol–water partition coefficient (Wildman–Crippen LogP) is 5.02. The fourth-order valence-electron chi connectivity index (χ4n) is 3.45. The Morgan fingerprint density at radius 1 is 1.00 bits per heavy atom. The van der Waals surface area contributed by atoms with Crippen LogP contribution in [0.4, 0.5) is 0 Å². The number of thiophene rings is 1. The third-order valence-corrected chi connectivity index (χ3v) is 7.94. The molecule has 0 spiro atoms. The monoisotopic (exact) mass is 415 g/mol. The number of ether oxygens (including phenoxy) is 1. The summed E-state index contributed by atoms with van der Waals surface area (Å²) >= 11 is 1.23. The smallest absolute Gasteiger partial charge is 0.306 e. The Morgan fingerprint density at radius 2 is 1.67 bits per heavy atom. The normalized spacial score (nSPS) is 25.0. The highest BCUT2D eigenvalue weighted by Gasteiger charge is 2.22. The summed E-state index contributed by atoms with van der Waals surface area (Å²) in [4.78, 5) is 11.9. The number of hydrogen-bond acceptors (Lipinski definition) is 5. The molecule has 0 radical (unpaired) electrons. The highest BCUT2D eigenvalue weighted by molar-refractivity contribution is 7.91. The second-order valence-corrected chi connectivity index (χ2v) is 10.4. The van der Waals surface area contributed by atoms with E-state index in [0.717, 1.165) is 32.1 Å². The third kappa shape index (κ3) is 8.75. The van der Waals surface area contributed by atoms with Gasteiger partial charge in [-0.3, -0.25) is 4.79 Å². The molecule has 1 fully saturated rings. The topological polar surface area (TPSA) is 72.5 Å². The average Bonchev–Trinajstić information content (AvgIpc) is 3.15. The van der Waals surface area contributed by atoms with Gasteiger partial charge in [-0.05, 0) is 44.1 Å². The Labute approximate surface area is 167 Å². The molecule has 0 bridgehead atoms. The minimum absolute atomic E-state index is 0.119. The quantitative estimate of drug-likeness (QED) is 0.704. The van der Waals surface area contributed by atoms with Crippen molar-refractivity contribution < 1.29 is 17.9 Å². The molecule has 27 heavy (non-hydrogen) atoms. The predicted molar refractivity (Wildman–Crippen MR) is 109 cm³/mol. The first-order chi connectivity index (χ1) is 13.0. The fraction of sp³-hybridized carbons (Fsp3) is 0.750. The lowest BCUT2D eigenvalue weighted by Gasteiger charge is -2.21. The minimum Gasteiger partial charge on any atom is -0.463 e. The number of nitrogens with one attached hydrogen (secondary N) is 1. The Morgan fingerprint density at radius 3 is 2.33 bits per heavy atom. The summed E-state index contributed by atoms with van der Waals surface area (Å²) in [5, 5.41) is 1.77. The Bertz CT molecular complexity index is 643. The van der Waals surface area contributed by atoms with Crippen LogP contribution in [0.5, 0.6) is 0 Å². The molecule has 1 saturated heterocycles. The van der Waals surface area contributed by atoms with E-state index >= 15 is 0 Å². The number of hydrogen-bond donors (Lipinski definition) is 1. The molecule has 1 aliphatic rings. The van der Waals surface area contributed by atoms with Gasteiger partial charge in [0.2, 0.25) is 10.0 Å². The van der Waals surface area contributed by atoms with E-state index in [0.29, 0.717) is 23.5 Å². The Hall–Kier alpha value is -0.920. The zero-order valence-corrected chi connectivity index (χ0v) is 18.0. The molecule has 7 heteroatoms. The van der Waals surface area contributed by atoms with Crippen LogP contribution in [0.2, 0.25) is 0 Å². The van der Waals surface area contributed by atoms with Gasteiger partial charge in [-0.25, -0.2) is 13.1 Å². The van der Waals surface area contributed by atoms with E-state index in [-0.39, 0.29) is 18.1 Å². The van der Waals surface area contributed by atoms with Gasteiger partial charge in [0.25, 0.3) is 0 Å². The molecule has 1 N–H and O–H groups in total. The van der Waals surface area contributed by atoms with Crippen molar-refractivity contribution in [3.8, 4) is 0 Å². The number of carbonyl (C=O) groups excluding carboxylic acids is 1. The molecule has 5 nitrogen and oxygen atoms in total. The summed E-state index contributed by atoms with van der Waals surface area (Å²) in [7, 11) is -3.47. The number of esters is 1. The Balaban J connectivity index is 1.95. The third-order valence-electron chi connectivity index (χ3n) is 5.02. The van der Waals surface area contributed by atoms with E-state index in [1.165, 1.54) is 37.0 Å². The average molecular weight is 416 g/mol. The van der Waals surface area contributed by atoms with Gasteiger partial charge in [-0.1, -0.05) is 51.0 Å². The van der Waals surface area contributed by atoms with E-state index in [2.05, 4.69) is 4.72 Å². The Kier molecular flexibility index (Phi) is 9.79. The van der Waals surface area contributed by atoms with Crippen molar-refractivity contribution in [2.75, 3.05) is 0 Å². The fourth-order valence-corrected chi connectivity index (χ4v) is 5.77. The molecule has 2 atom stereocenters. The van der Waals surface area contributed by atoms with Crippen LogP contribution < -0.4 is 4.72 Å². The highest BCUT2D eigenvalue weighted by atomic mass is 32.2. The van der Waals surface area contributed by atoms with E-state index in [4.69, 9.17) is 4.74 Å². The molecule has 1 aliphatic heterocycles. The number of cyclic esters (lactones) is 1. The molecule has 0 aromatic carbocycles. The van der Waals surface area contributed by atoms with Crippen LogP contribution >= 0.6 is 11.3 Å². The molecule has 1 aromatic heterocycles. The van der Waals surface area contributed by atoms with Crippen LogP contribution in [0.15, 0.2) is 21.7 Å². The molecule has 0 aliphatic carbocycles. The van der Waals surface area contributed by atoms with Gasteiger partial charge in [-0.15, -0.1) is 11.3 Å². The van der Waals surface area contributed by atoms with Crippen LogP contribution in [0.25, 0.3) is 0 Å². The molecule has 2 heterocycles. The zero-order chi connectivity index (χ0) is 19.5. The van der Waals surface area contributed by atoms with Gasteiger partial charge in [0.05, 0.1) is 6.10 Å². The lowest BCUT2D eigenvalue weighted by molar-refractivity contribution is -0.148. The van der Waals surface area contributed by atoms with Crippen molar-refractivity contribution in [1.29, 1.82) is 0 Å². The van der Waals surface area contributed by atoms with Gasteiger partial charge < -0.3 is 4.74 Å². The summed E-state index contributed by atoms with van der Waals surface area (Å²) < 4.78 is 33.9. The van der Waals surface area contributed by atoms with Crippen LogP contribution in [0.1, 0.15) is 84.0 Å². The summed E-state index contributed by atoms with van der Waals surface area (Å²) in [5.74, 6) is -0.134. The molecule has 2 unspecified atom stereocenters. The number of carbonyl (C=O) groups is 1. The van der Waals surface area contributed by atoms with Crippen molar-refractivity contribution in [2.24, 2.45) is 0 Å². The molecule has 0 amide bonds. The molecule has 154 valence electrons. The molecule has 0 saturated carbocycles. The van der Waals surface area contributed by atoms with Crippen molar-refractivity contribution in [3.05, 3.63) is 17.5 Å². The first kappa shape index (κ1) is 22.4. The molecule has 2 rings (SSSR count). The summed E-state index contributed by atoms with van der Waals surface area (Å²) in [6.45, 7) is 1.89. The van der Waals surface area contributed by atoms with Gasteiger partial charge in [0, 0.05) is 12.5 Å². The van der Waals surface area contributed by atoms with E-state index in [9.17, 15) is 13.2 Å². The van der Waals surface area contributed by atoms with E-state index in [1.54, 1.807) is 17.5 Å². The van der Waals surface area contributed by atoms with E-state index in [1.807, 2.05) is 6.92 Å². The molecular formula is C20H33NO4S2. The summed E-state index contributed by atoms with van der Waals surface area (Å²) in [5.41, 5.74) is 0. The first-order valence-corrected chi connectivity index (χ1v) is 12.6. The van der Waals surface area contributed by atoms with E-state index < -0.39 is 10.0 Å².